The zero-order valence-corrected chi connectivity index (χ0v) is 20.6. The van der Waals surface area contributed by atoms with Gasteiger partial charge in [-0.15, -0.1) is 24.8 Å². The molecule has 0 bridgehead atoms. The summed E-state index contributed by atoms with van der Waals surface area (Å²) in [6.45, 7) is 7.35. The molecular weight excluding hydrogens is 449 g/mol. The molecule has 2 heterocycles. The zero-order chi connectivity index (χ0) is 21.1. The van der Waals surface area contributed by atoms with Crippen LogP contribution in [0, 0.1) is 0 Å². The Morgan fingerprint density at radius 1 is 0.812 bits per heavy atom. The number of halogens is 2. The number of aromatic nitrogens is 1. The van der Waals surface area contributed by atoms with Gasteiger partial charge in [0.25, 0.3) is 0 Å². The molecule has 0 atom stereocenters. The fourth-order valence-corrected chi connectivity index (χ4v) is 4.06. The average Bonchev–Trinajstić information content (AvgIpc) is 2.82. The first-order valence-electron chi connectivity index (χ1n) is 10.4. The third-order valence-electron chi connectivity index (χ3n) is 5.82. The smallest absolute Gasteiger partial charge is 0.164 e. The molecule has 1 fully saturated rings. The lowest BCUT2D eigenvalue weighted by atomic mass is 10.0. The Morgan fingerprint density at radius 2 is 1.44 bits per heavy atom. The minimum Gasteiger partial charge on any atom is -0.496 e. The molecular formula is C24H31Cl2N3O3. The van der Waals surface area contributed by atoms with Gasteiger partial charge in [-0.05, 0) is 24.1 Å². The van der Waals surface area contributed by atoms with Gasteiger partial charge >= 0.3 is 0 Å². The Balaban J connectivity index is 0.00000181. The van der Waals surface area contributed by atoms with Gasteiger partial charge in [-0.1, -0.05) is 31.2 Å². The molecule has 2 aromatic carbocycles. The number of hydrogen-bond donors (Lipinski definition) is 0. The van der Waals surface area contributed by atoms with Crippen LogP contribution in [0.2, 0.25) is 0 Å². The lowest BCUT2D eigenvalue weighted by molar-refractivity contribution is 0.271. The second-order valence-electron chi connectivity index (χ2n) is 7.38. The van der Waals surface area contributed by atoms with E-state index in [9.17, 15) is 0 Å². The molecule has 4 rings (SSSR count). The van der Waals surface area contributed by atoms with Gasteiger partial charge in [0.05, 0.1) is 27.0 Å². The number of hydrogen-bond acceptors (Lipinski definition) is 6. The summed E-state index contributed by atoms with van der Waals surface area (Å²) in [4.78, 5) is 9.98. The van der Waals surface area contributed by atoms with E-state index in [2.05, 4.69) is 47.1 Å². The van der Waals surface area contributed by atoms with Gasteiger partial charge in [0.1, 0.15) is 11.6 Å². The quantitative estimate of drug-likeness (QED) is 0.500. The van der Waals surface area contributed by atoms with Crippen LogP contribution in [0.1, 0.15) is 6.92 Å². The summed E-state index contributed by atoms with van der Waals surface area (Å²) in [5.74, 6) is 3.02. The molecule has 1 aromatic heterocycles. The molecule has 32 heavy (non-hydrogen) atoms. The highest BCUT2D eigenvalue weighted by atomic mass is 35.5. The van der Waals surface area contributed by atoms with Crippen LogP contribution < -0.4 is 19.1 Å². The first-order chi connectivity index (χ1) is 14.7. The van der Waals surface area contributed by atoms with E-state index in [0.29, 0.717) is 17.2 Å². The number of likely N-dealkylation sites (N-methyl/N-ethyl adjacent to an activating group) is 1. The number of nitrogens with zero attached hydrogens (tertiary/aromatic N) is 3. The predicted octanol–water partition coefficient (Wildman–Crippen LogP) is 4.91. The summed E-state index contributed by atoms with van der Waals surface area (Å²) in [6, 6.07) is 14.3. The van der Waals surface area contributed by atoms with E-state index >= 15 is 0 Å². The Morgan fingerprint density at radius 3 is 2.06 bits per heavy atom. The maximum absolute atomic E-state index is 5.67. The molecule has 0 radical (unpaired) electrons. The number of rotatable bonds is 6. The average molecular weight is 480 g/mol. The molecule has 0 amide bonds. The maximum Gasteiger partial charge on any atom is 0.164 e. The van der Waals surface area contributed by atoms with Crippen molar-refractivity contribution in [3.8, 4) is 28.5 Å². The van der Waals surface area contributed by atoms with Crippen molar-refractivity contribution >= 4 is 41.4 Å². The van der Waals surface area contributed by atoms with E-state index in [1.165, 1.54) is 5.39 Å². The second kappa shape index (κ2) is 11.5. The topological polar surface area (TPSA) is 47.1 Å². The fraction of sp³-hybridized carbons (Fsp3) is 0.375. The molecule has 1 saturated heterocycles. The number of anilines is 1. The van der Waals surface area contributed by atoms with Crippen LogP contribution in [-0.4, -0.2) is 63.9 Å². The van der Waals surface area contributed by atoms with Gasteiger partial charge in [0, 0.05) is 43.2 Å². The number of benzene rings is 2. The number of ether oxygens (including phenoxy) is 3. The van der Waals surface area contributed by atoms with Crippen LogP contribution in [0.4, 0.5) is 5.82 Å². The molecule has 174 valence electrons. The summed E-state index contributed by atoms with van der Waals surface area (Å²) in [5.41, 5.74) is 1.74. The second-order valence-corrected chi connectivity index (χ2v) is 7.38. The molecule has 0 unspecified atom stereocenters. The standard InChI is InChI=1S/C24H29N3O3.2ClH/c1-5-26-10-12-27(13-11-26)24-18-9-7-6-8-17(18)14-20(25-24)19-15-22(29-3)23(30-4)16-21(19)28-2;;/h6-9,14-16H,5,10-13H2,1-4H3;2*1H. The van der Waals surface area contributed by atoms with Gasteiger partial charge in [0.2, 0.25) is 0 Å². The highest BCUT2D eigenvalue weighted by Gasteiger charge is 2.21. The molecule has 0 saturated carbocycles. The third kappa shape index (κ3) is 4.98. The van der Waals surface area contributed by atoms with E-state index in [1.807, 2.05) is 12.1 Å². The number of piperazine rings is 1. The zero-order valence-electron chi connectivity index (χ0n) is 19.0. The molecule has 0 spiro atoms. The molecule has 1 aliphatic heterocycles. The van der Waals surface area contributed by atoms with Crippen LogP contribution in [0.5, 0.6) is 17.2 Å². The number of fused-ring (bicyclic) bond motifs is 1. The first kappa shape index (κ1) is 25.8. The van der Waals surface area contributed by atoms with E-state index in [4.69, 9.17) is 19.2 Å². The van der Waals surface area contributed by atoms with E-state index in [1.54, 1.807) is 21.3 Å². The van der Waals surface area contributed by atoms with Crippen LogP contribution in [0.3, 0.4) is 0 Å². The monoisotopic (exact) mass is 479 g/mol. The minimum atomic E-state index is 0. The number of methoxy groups -OCH3 is 3. The van der Waals surface area contributed by atoms with Crippen molar-refractivity contribution in [2.45, 2.75) is 6.92 Å². The summed E-state index contributed by atoms with van der Waals surface area (Å²) in [5, 5.41) is 2.33. The normalized spacial score (nSPS) is 13.8. The van der Waals surface area contributed by atoms with Gasteiger partial charge < -0.3 is 24.0 Å². The highest BCUT2D eigenvalue weighted by molar-refractivity contribution is 5.95. The summed E-state index contributed by atoms with van der Waals surface area (Å²) in [7, 11) is 4.93. The van der Waals surface area contributed by atoms with Crippen molar-refractivity contribution in [2.75, 3.05) is 59.0 Å². The lowest BCUT2D eigenvalue weighted by Gasteiger charge is -2.35. The van der Waals surface area contributed by atoms with Crippen molar-refractivity contribution in [2.24, 2.45) is 0 Å². The first-order valence-corrected chi connectivity index (χ1v) is 10.4. The van der Waals surface area contributed by atoms with Gasteiger partial charge in [-0.3, -0.25) is 0 Å². The molecule has 0 aliphatic carbocycles. The van der Waals surface area contributed by atoms with Crippen molar-refractivity contribution in [3.63, 3.8) is 0 Å². The van der Waals surface area contributed by atoms with Gasteiger partial charge in [0.15, 0.2) is 11.5 Å². The third-order valence-corrected chi connectivity index (χ3v) is 5.82. The molecule has 8 heteroatoms. The van der Waals surface area contributed by atoms with E-state index in [0.717, 1.165) is 55.2 Å². The lowest BCUT2D eigenvalue weighted by Crippen LogP contribution is -2.46. The molecule has 1 aliphatic rings. The van der Waals surface area contributed by atoms with Crippen LogP contribution in [0.15, 0.2) is 42.5 Å². The van der Waals surface area contributed by atoms with Crippen LogP contribution in [-0.2, 0) is 0 Å². The Labute approximate surface area is 202 Å². The summed E-state index contributed by atoms with van der Waals surface area (Å²) in [6.07, 6.45) is 0. The van der Waals surface area contributed by atoms with Crippen molar-refractivity contribution in [1.29, 1.82) is 0 Å². The van der Waals surface area contributed by atoms with Crippen molar-refractivity contribution in [3.05, 3.63) is 42.5 Å². The maximum atomic E-state index is 5.67. The Hall–Kier alpha value is -2.41. The van der Waals surface area contributed by atoms with Crippen molar-refractivity contribution < 1.29 is 14.2 Å². The van der Waals surface area contributed by atoms with E-state index in [-0.39, 0.29) is 24.8 Å². The molecule has 0 N–H and O–H groups in total. The molecule has 6 nitrogen and oxygen atoms in total. The minimum absolute atomic E-state index is 0. The summed E-state index contributed by atoms with van der Waals surface area (Å²) < 4.78 is 16.6. The van der Waals surface area contributed by atoms with Crippen LogP contribution >= 0.6 is 24.8 Å². The van der Waals surface area contributed by atoms with Crippen LogP contribution in [0.25, 0.3) is 22.0 Å². The van der Waals surface area contributed by atoms with Crippen molar-refractivity contribution in [1.82, 2.24) is 9.88 Å². The largest absolute Gasteiger partial charge is 0.496 e. The van der Waals surface area contributed by atoms with Gasteiger partial charge in [-0.25, -0.2) is 4.98 Å². The Kier molecular flexibility index (Phi) is 9.25. The SMILES string of the molecule is CCN1CCN(c2nc(-c3cc(OC)c(OC)cc3OC)cc3ccccc23)CC1.Cl.Cl. The predicted molar refractivity (Wildman–Crippen MR) is 136 cm³/mol. The Bertz CT molecular complexity index is 1040. The fourth-order valence-electron chi connectivity index (χ4n) is 4.06. The molecule has 3 aromatic rings. The van der Waals surface area contributed by atoms with Gasteiger partial charge in [-0.2, -0.15) is 0 Å². The summed E-state index contributed by atoms with van der Waals surface area (Å²) >= 11 is 0. The number of pyridine rings is 1. The van der Waals surface area contributed by atoms with E-state index < -0.39 is 0 Å². The highest BCUT2D eigenvalue weighted by Crippen LogP contribution is 2.41.